The molecule has 108 valence electrons. The van der Waals surface area contributed by atoms with Crippen molar-refractivity contribution in [1.82, 2.24) is 14.6 Å². The lowest BCUT2D eigenvalue weighted by atomic mass is 10.2. The van der Waals surface area contributed by atoms with Gasteiger partial charge in [0.1, 0.15) is 11.6 Å². The Bertz CT molecular complexity index is 737. The largest absolute Gasteiger partial charge is 0.508 e. The van der Waals surface area contributed by atoms with E-state index in [0.29, 0.717) is 13.2 Å². The molecule has 0 saturated heterocycles. The molecular weight excluding hydrogens is 268 g/mol. The van der Waals surface area contributed by atoms with Crippen molar-refractivity contribution in [2.45, 2.75) is 0 Å². The quantitative estimate of drug-likeness (QED) is 0.702. The van der Waals surface area contributed by atoms with E-state index in [4.69, 9.17) is 4.74 Å². The smallest absolute Gasteiger partial charge is 0.154 e. The molecule has 6 heteroatoms. The van der Waals surface area contributed by atoms with Crippen LogP contribution in [-0.2, 0) is 4.74 Å². The molecule has 2 heterocycles. The van der Waals surface area contributed by atoms with Crippen LogP contribution in [0.3, 0.4) is 0 Å². The molecule has 2 N–H and O–H groups in total. The normalized spacial score (nSPS) is 10.9. The van der Waals surface area contributed by atoms with Crippen molar-refractivity contribution in [3.8, 4) is 17.0 Å². The van der Waals surface area contributed by atoms with E-state index >= 15 is 0 Å². The van der Waals surface area contributed by atoms with E-state index in [9.17, 15) is 5.11 Å². The fourth-order valence-corrected chi connectivity index (χ4v) is 2.08. The number of aromatic nitrogens is 3. The molecule has 0 atom stereocenters. The monoisotopic (exact) mass is 284 g/mol. The van der Waals surface area contributed by atoms with Gasteiger partial charge in [-0.2, -0.15) is 0 Å². The fourth-order valence-electron chi connectivity index (χ4n) is 2.08. The van der Waals surface area contributed by atoms with Gasteiger partial charge in [0.05, 0.1) is 18.5 Å². The van der Waals surface area contributed by atoms with Crippen LogP contribution >= 0.6 is 0 Å². The van der Waals surface area contributed by atoms with Crippen molar-refractivity contribution >= 4 is 11.5 Å². The Labute approximate surface area is 122 Å². The fraction of sp³-hybridized carbons (Fsp3) is 0.200. The average Bonchev–Trinajstić information content (AvgIpc) is 2.92. The lowest BCUT2D eigenvalue weighted by molar-refractivity contribution is 0.210. The molecule has 1 aromatic carbocycles. The molecule has 21 heavy (non-hydrogen) atoms. The van der Waals surface area contributed by atoms with E-state index in [2.05, 4.69) is 15.4 Å². The topological polar surface area (TPSA) is 71.7 Å². The van der Waals surface area contributed by atoms with Crippen LogP contribution in [0, 0.1) is 0 Å². The van der Waals surface area contributed by atoms with Crippen molar-refractivity contribution in [3.63, 3.8) is 0 Å². The van der Waals surface area contributed by atoms with Crippen LogP contribution < -0.4 is 5.32 Å². The summed E-state index contributed by atoms with van der Waals surface area (Å²) in [5.41, 5.74) is 2.59. The molecule has 2 aromatic heterocycles. The number of phenolic OH excluding ortho intramolecular Hbond substituents is 1. The first-order chi connectivity index (χ1) is 10.3. The van der Waals surface area contributed by atoms with Crippen LogP contribution in [-0.4, -0.2) is 40.0 Å². The zero-order valence-corrected chi connectivity index (χ0v) is 11.7. The Balaban J connectivity index is 1.95. The molecule has 0 fully saturated rings. The number of fused-ring (bicyclic) bond motifs is 1. The Morgan fingerprint density at radius 2 is 2.00 bits per heavy atom. The van der Waals surface area contributed by atoms with Gasteiger partial charge in [0.2, 0.25) is 0 Å². The maximum absolute atomic E-state index is 9.37. The van der Waals surface area contributed by atoms with Gasteiger partial charge in [-0.25, -0.2) is 9.50 Å². The third-order valence-corrected chi connectivity index (χ3v) is 3.14. The SMILES string of the molecule is COCCNc1ccc2ncc(-c3ccc(O)cc3)n2n1. The highest BCUT2D eigenvalue weighted by Crippen LogP contribution is 2.22. The predicted molar refractivity (Wildman–Crippen MR) is 80.5 cm³/mol. The number of nitrogens with one attached hydrogen (secondary N) is 1. The summed E-state index contributed by atoms with van der Waals surface area (Å²) in [4.78, 5) is 4.34. The highest BCUT2D eigenvalue weighted by Gasteiger charge is 2.08. The van der Waals surface area contributed by atoms with E-state index in [-0.39, 0.29) is 5.75 Å². The van der Waals surface area contributed by atoms with Crippen molar-refractivity contribution < 1.29 is 9.84 Å². The van der Waals surface area contributed by atoms with Gasteiger partial charge in [-0.1, -0.05) is 0 Å². The number of aromatic hydroxyl groups is 1. The number of nitrogens with zero attached hydrogens (tertiary/aromatic N) is 3. The first-order valence-corrected chi connectivity index (χ1v) is 6.65. The average molecular weight is 284 g/mol. The van der Waals surface area contributed by atoms with Gasteiger partial charge in [0.25, 0.3) is 0 Å². The molecule has 0 amide bonds. The summed E-state index contributed by atoms with van der Waals surface area (Å²) < 4.78 is 6.79. The van der Waals surface area contributed by atoms with Gasteiger partial charge < -0.3 is 15.2 Å². The van der Waals surface area contributed by atoms with Crippen LogP contribution in [0.15, 0.2) is 42.6 Å². The zero-order valence-electron chi connectivity index (χ0n) is 11.7. The third-order valence-electron chi connectivity index (χ3n) is 3.14. The molecule has 0 saturated carbocycles. The van der Waals surface area contributed by atoms with Gasteiger partial charge in [-0.15, -0.1) is 5.10 Å². The number of imidazole rings is 1. The van der Waals surface area contributed by atoms with Gasteiger partial charge in [0, 0.05) is 19.2 Å². The second kappa shape index (κ2) is 5.80. The molecule has 0 aliphatic rings. The minimum Gasteiger partial charge on any atom is -0.508 e. The number of anilines is 1. The van der Waals surface area contributed by atoms with E-state index in [1.165, 1.54) is 0 Å². The number of ether oxygens (including phenoxy) is 1. The van der Waals surface area contributed by atoms with Gasteiger partial charge in [0.15, 0.2) is 5.65 Å². The van der Waals surface area contributed by atoms with Crippen molar-refractivity contribution in [2.24, 2.45) is 0 Å². The van der Waals surface area contributed by atoms with Crippen LogP contribution in [0.4, 0.5) is 5.82 Å². The number of methoxy groups -OCH3 is 1. The predicted octanol–water partition coefficient (Wildman–Crippen LogP) is 2.16. The van der Waals surface area contributed by atoms with Gasteiger partial charge >= 0.3 is 0 Å². The summed E-state index contributed by atoms with van der Waals surface area (Å²) >= 11 is 0. The number of hydrogen-bond acceptors (Lipinski definition) is 5. The first-order valence-electron chi connectivity index (χ1n) is 6.65. The second-order valence-electron chi connectivity index (χ2n) is 4.60. The summed E-state index contributed by atoms with van der Waals surface area (Å²) in [7, 11) is 1.66. The summed E-state index contributed by atoms with van der Waals surface area (Å²) in [6, 6.07) is 10.8. The zero-order chi connectivity index (χ0) is 14.7. The minimum absolute atomic E-state index is 0.238. The number of benzene rings is 1. The molecule has 0 aliphatic heterocycles. The lowest BCUT2D eigenvalue weighted by Gasteiger charge is -2.06. The Morgan fingerprint density at radius 1 is 1.19 bits per heavy atom. The Hall–Kier alpha value is -2.60. The molecule has 0 bridgehead atoms. The van der Waals surface area contributed by atoms with Gasteiger partial charge in [-0.3, -0.25) is 0 Å². The van der Waals surface area contributed by atoms with Crippen molar-refractivity contribution in [2.75, 3.05) is 25.6 Å². The summed E-state index contributed by atoms with van der Waals surface area (Å²) in [6.07, 6.45) is 1.77. The van der Waals surface area contributed by atoms with Crippen molar-refractivity contribution in [3.05, 3.63) is 42.6 Å². The Kier molecular flexibility index (Phi) is 3.70. The molecule has 0 unspecified atom stereocenters. The summed E-state index contributed by atoms with van der Waals surface area (Å²) in [5.74, 6) is 1.00. The van der Waals surface area contributed by atoms with Crippen molar-refractivity contribution in [1.29, 1.82) is 0 Å². The molecule has 3 rings (SSSR count). The van der Waals surface area contributed by atoms with E-state index in [1.807, 2.05) is 24.3 Å². The standard InChI is InChI=1S/C15H16N4O2/c1-21-9-8-16-14-6-7-15-17-10-13(19(15)18-14)11-2-4-12(20)5-3-11/h2-7,10,20H,8-9H2,1H3,(H,16,18). The maximum atomic E-state index is 9.37. The third kappa shape index (κ3) is 2.80. The summed E-state index contributed by atoms with van der Waals surface area (Å²) in [5, 5.41) is 17.1. The van der Waals surface area contributed by atoms with Crippen LogP contribution in [0.5, 0.6) is 5.75 Å². The molecule has 0 aliphatic carbocycles. The molecule has 0 spiro atoms. The minimum atomic E-state index is 0.238. The van der Waals surface area contributed by atoms with Gasteiger partial charge in [-0.05, 0) is 36.4 Å². The highest BCUT2D eigenvalue weighted by molar-refractivity contribution is 5.64. The number of phenols is 1. The lowest BCUT2D eigenvalue weighted by Crippen LogP contribution is -2.10. The van der Waals surface area contributed by atoms with Crippen LogP contribution in [0.2, 0.25) is 0 Å². The van der Waals surface area contributed by atoms with Crippen LogP contribution in [0.1, 0.15) is 0 Å². The summed E-state index contributed by atoms with van der Waals surface area (Å²) in [6.45, 7) is 1.31. The Morgan fingerprint density at radius 3 is 2.76 bits per heavy atom. The van der Waals surface area contributed by atoms with E-state index < -0.39 is 0 Å². The maximum Gasteiger partial charge on any atom is 0.154 e. The number of rotatable bonds is 5. The van der Waals surface area contributed by atoms with Crippen LogP contribution in [0.25, 0.3) is 16.9 Å². The second-order valence-corrected chi connectivity index (χ2v) is 4.60. The van der Waals surface area contributed by atoms with E-state index in [0.717, 1.165) is 22.7 Å². The number of hydrogen-bond donors (Lipinski definition) is 2. The highest BCUT2D eigenvalue weighted by atomic mass is 16.5. The first kappa shape index (κ1) is 13.4. The molecule has 3 aromatic rings. The molecular formula is C15H16N4O2. The molecule has 0 radical (unpaired) electrons. The molecule has 6 nitrogen and oxygen atoms in total. The van der Waals surface area contributed by atoms with E-state index in [1.54, 1.807) is 30.0 Å².